The molecule has 0 aliphatic heterocycles. The molecule has 1 fully saturated rings. The number of hydrogen-bond acceptors (Lipinski definition) is 2. The molecule has 1 heterocycles. The van der Waals surface area contributed by atoms with Crippen molar-refractivity contribution >= 4 is 29.6 Å². The largest absolute Gasteiger partial charge is 0.407 e. The van der Waals surface area contributed by atoms with E-state index in [1.807, 2.05) is 0 Å². The van der Waals surface area contributed by atoms with Crippen LogP contribution in [0.2, 0.25) is 5.04 Å². The number of H-pyrrole nitrogens is 1. The third-order valence-electron chi connectivity index (χ3n) is 8.00. The van der Waals surface area contributed by atoms with Crippen LogP contribution in [0.5, 0.6) is 0 Å². The highest BCUT2D eigenvalue weighted by molar-refractivity contribution is 6.99. The van der Waals surface area contributed by atoms with Crippen LogP contribution >= 0.6 is 0 Å². The molecule has 1 saturated carbocycles. The van der Waals surface area contributed by atoms with E-state index in [4.69, 9.17) is 4.43 Å². The number of aromatic amines is 1. The summed E-state index contributed by atoms with van der Waals surface area (Å²) in [7, 11) is -2.49. The van der Waals surface area contributed by atoms with Gasteiger partial charge in [0, 0.05) is 41.7 Å². The summed E-state index contributed by atoms with van der Waals surface area (Å²) in [5.74, 6) is 0. The van der Waals surface area contributed by atoms with Crippen molar-refractivity contribution in [3.8, 4) is 0 Å². The highest BCUT2D eigenvalue weighted by atomic mass is 28.4. The Balaban J connectivity index is 1.31. The second-order valence-corrected chi connectivity index (χ2v) is 16.1. The minimum atomic E-state index is -2.49. The molecule has 1 atom stereocenters. The Morgan fingerprint density at radius 1 is 0.889 bits per heavy atom. The molecule has 1 aliphatic rings. The number of fused-ring (bicyclic) bond motifs is 1. The van der Waals surface area contributed by atoms with Crippen LogP contribution < -0.4 is 15.7 Å². The van der Waals surface area contributed by atoms with Gasteiger partial charge in [0.05, 0.1) is 0 Å². The molecule has 188 valence electrons. The van der Waals surface area contributed by atoms with Gasteiger partial charge in [-0.2, -0.15) is 0 Å². The van der Waals surface area contributed by atoms with Crippen LogP contribution in [-0.2, 0) is 10.8 Å². The van der Waals surface area contributed by atoms with Gasteiger partial charge in [-0.1, -0.05) is 99.6 Å². The Kier molecular flexibility index (Phi) is 6.95. The standard InChI is InChI=1S/C32H40N2OSi/c1-25(21-26-22-33-30-18-12-11-17-29(26)30)34-23-32(19-20-32)24-35-36(31(2,3)4,27-13-7-5-8-14-27)28-15-9-6-10-16-28/h5-18,22,25,33-34H,19-21,23-24H2,1-4H3. The predicted octanol–water partition coefficient (Wildman–Crippen LogP) is 6.05. The number of nitrogens with one attached hydrogen (secondary N) is 2. The fourth-order valence-electron chi connectivity index (χ4n) is 5.67. The van der Waals surface area contributed by atoms with Crippen molar-refractivity contribution in [1.29, 1.82) is 0 Å². The van der Waals surface area contributed by atoms with Crippen molar-refractivity contribution in [3.63, 3.8) is 0 Å². The lowest BCUT2D eigenvalue weighted by molar-refractivity contribution is 0.213. The van der Waals surface area contributed by atoms with E-state index in [1.54, 1.807) is 0 Å². The van der Waals surface area contributed by atoms with E-state index in [1.165, 1.54) is 39.7 Å². The molecule has 3 aromatic carbocycles. The topological polar surface area (TPSA) is 37.0 Å². The van der Waals surface area contributed by atoms with Crippen LogP contribution in [-0.4, -0.2) is 32.5 Å². The summed E-state index contributed by atoms with van der Waals surface area (Å²) in [5, 5.41) is 7.94. The molecular formula is C32H40N2OSi. The van der Waals surface area contributed by atoms with Gasteiger partial charge < -0.3 is 14.7 Å². The number of para-hydroxylation sites is 1. The summed E-state index contributed by atoms with van der Waals surface area (Å²) in [6, 6.07) is 31.0. The lowest BCUT2D eigenvalue weighted by atomic mass is 10.0. The average molecular weight is 497 g/mol. The van der Waals surface area contributed by atoms with Crippen LogP contribution in [0, 0.1) is 5.41 Å². The van der Waals surface area contributed by atoms with Crippen molar-refractivity contribution < 1.29 is 4.43 Å². The molecule has 2 N–H and O–H groups in total. The third kappa shape index (κ3) is 4.95. The normalized spacial score (nSPS) is 16.2. The van der Waals surface area contributed by atoms with Crippen LogP contribution in [0.25, 0.3) is 10.9 Å². The fourth-order valence-corrected chi connectivity index (χ4v) is 10.3. The molecule has 0 bridgehead atoms. The smallest absolute Gasteiger partial charge is 0.261 e. The maximum absolute atomic E-state index is 7.28. The van der Waals surface area contributed by atoms with Gasteiger partial charge in [0.1, 0.15) is 0 Å². The monoisotopic (exact) mass is 496 g/mol. The number of benzene rings is 3. The molecule has 5 rings (SSSR count). The highest BCUT2D eigenvalue weighted by Crippen LogP contribution is 2.47. The first kappa shape index (κ1) is 25.0. The number of rotatable bonds is 10. The Labute approximate surface area is 217 Å². The Morgan fingerprint density at radius 3 is 2.06 bits per heavy atom. The van der Waals surface area contributed by atoms with Gasteiger partial charge in [0.15, 0.2) is 0 Å². The zero-order valence-electron chi connectivity index (χ0n) is 22.2. The maximum Gasteiger partial charge on any atom is 0.261 e. The average Bonchev–Trinajstić information content (AvgIpc) is 3.55. The molecule has 36 heavy (non-hydrogen) atoms. The zero-order valence-corrected chi connectivity index (χ0v) is 23.2. The van der Waals surface area contributed by atoms with Gasteiger partial charge in [-0.15, -0.1) is 0 Å². The molecule has 1 unspecified atom stereocenters. The highest BCUT2D eigenvalue weighted by Gasteiger charge is 2.53. The van der Waals surface area contributed by atoms with E-state index in [0.29, 0.717) is 6.04 Å². The van der Waals surface area contributed by atoms with Crippen LogP contribution in [0.3, 0.4) is 0 Å². The van der Waals surface area contributed by atoms with Crippen molar-refractivity contribution in [1.82, 2.24) is 10.3 Å². The Bertz CT molecular complexity index is 1230. The van der Waals surface area contributed by atoms with Crippen LogP contribution in [0.1, 0.15) is 46.1 Å². The SMILES string of the molecule is CC(Cc1c[nH]c2ccccc12)NCC1(CO[Si](c2ccccc2)(c2ccccc2)C(C)(C)C)CC1. The van der Waals surface area contributed by atoms with E-state index < -0.39 is 8.32 Å². The lowest BCUT2D eigenvalue weighted by Crippen LogP contribution is -2.67. The van der Waals surface area contributed by atoms with Gasteiger partial charge >= 0.3 is 0 Å². The zero-order chi connectivity index (χ0) is 25.2. The fraction of sp³-hybridized carbons (Fsp3) is 0.375. The maximum atomic E-state index is 7.28. The van der Waals surface area contributed by atoms with E-state index in [2.05, 4.69) is 129 Å². The third-order valence-corrected chi connectivity index (χ3v) is 13.0. The molecule has 0 radical (unpaired) electrons. The minimum Gasteiger partial charge on any atom is -0.407 e. The first-order valence-corrected chi connectivity index (χ1v) is 15.3. The molecule has 1 aromatic heterocycles. The van der Waals surface area contributed by atoms with E-state index >= 15 is 0 Å². The van der Waals surface area contributed by atoms with Crippen molar-refractivity contribution in [2.45, 2.75) is 58.0 Å². The van der Waals surface area contributed by atoms with Gasteiger partial charge in [-0.05, 0) is 53.2 Å². The molecule has 0 spiro atoms. The lowest BCUT2D eigenvalue weighted by Gasteiger charge is -2.44. The molecule has 4 aromatic rings. The second-order valence-electron chi connectivity index (χ2n) is 11.8. The molecule has 3 nitrogen and oxygen atoms in total. The Hall–Kier alpha value is -2.66. The number of hydrogen-bond donors (Lipinski definition) is 2. The summed E-state index contributed by atoms with van der Waals surface area (Å²) in [5.41, 5.74) is 2.85. The van der Waals surface area contributed by atoms with E-state index in [-0.39, 0.29) is 10.5 Å². The van der Waals surface area contributed by atoms with Crippen LogP contribution in [0.4, 0.5) is 0 Å². The predicted molar refractivity (Wildman–Crippen MR) is 155 cm³/mol. The van der Waals surface area contributed by atoms with Gasteiger partial charge in [0.25, 0.3) is 8.32 Å². The van der Waals surface area contributed by atoms with Gasteiger partial charge in [-0.3, -0.25) is 0 Å². The van der Waals surface area contributed by atoms with Crippen molar-refractivity contribution in [3.05, 3.63) is 96.7 Å². The van der Waals surface area contributed by atoms with Crippen molar-refractivity contribution in [2.24, 2.45) is 5.41 Å². The molecule has 0 amide bonds. The number of aromatic nitrogens is 1. The van der Waals surface area contributed by atoms with Gasteiger partial charge in [0.2, 0.25) is 0 Å². The summed E-state index contributed by atoms with van der Waals surface area (Å²) in [6.07, 6.45) is 5.66. The molecule has 1 aliphatic carbocycles. The van der Waals surface area contributed by atoms with E-state index in [0.717, 1.165) is 19.6 Å². The summed E-state index contributed by atoms with van der Waals surface area (Å²) >= 11 is 0. The summed E-state index contributed by atoms with van der Waals surface area (Å²) in [4.78, 5) is 3.42. The van der Waals surface area contributed by atoms with Gasteiger partial charge in [-0.25, -0.2) is 0 Å². The molecule has 4 heteroatoms. The minimum absolute atomic E-state index is 0.0157. The quantitative estimate of drug-likeness (QED) is 0.262. The van der Waals surface area contributed by atoms with Crippen molar-refractivity contribution in [2.75, 3.05) is 13.2 Å². The van der Waals surface area contributed by atoms with Crippen LogP contribution in [0.15, 0.2) is 91.1 Å². The Morgan fingerprint density at radius 2 is 1.47 bits per heavy atom. The second kappa shape index (κ2) is 10.0. The summed E-state index contributed by atoms with van der Waals surface area (Å²) < 4.78 is 7.28. The summed E-state index contributed by atoms with van der Waals surface area (Å²) in [6.45, 7) is 11.2. The van der Waals surface area contributed by atoms with E-state index in [9.17, 15) is 0 Å². The first-order valence-electron chi connectivity index (χ1n) is 13.4. The molecular weight excluding hydrogens is 456 g/mol. The first-order chi connectivity index (χ1) is 17.3. The molecule has 0 saturated heterocycles.